The van der Waals surface area contributed by atoms with Gasteiger partial charge in [-0.1, -0.05) is 18.2 Å². The average molecular weight is 347 g/mol. The number of nitrogens with zero attached hydrogens (tertiary/aromatic N) is 2. The third-order valence-corrected chi connectivity index (χ3v) is 5.19. The lowest BCUT2D eigenvalue weighted by molar-refractivity contribution is 0.102. The summed E-state index contributed by atoms with van der Waals surface area (Å²) in [4.78, 5) is 30.1. The van der Waals surface area contributed by atoms with Crippen LogP contribution >= 0.6 is 0 Å². The van der Waals surface area contributed by atoms with Crippen molar-refractivity contribution in [1.82, 2.24) is 9.55 Å². The monoisotopic (exact) mass is 347 g/mol. The van der Waals surface area contributed by atoms with E-state index in [4.69, 9.17) is 0 Å². The summed E-state index contributed by atoms with van der Waals surface area (Å²) in [5.41, 5.74) is 3.72. The van der Waals surface area contributed by atoms with E-state index in [2.05, 4.69) is 10.3 Å². The normalized spacial score (nSPS) is 13.8. The van der Waals surface area contributed by atoms with E-state index in [0.717, 1.165) is 34.9 Å². The number of hydrogen-bond acceptors (Lipinski definition) is 3. The molecule has 0 saturated heterocycles. The van der Waals surface area contributed by atoms with Crippen molar-refractivity contribution in [2.75, 3.05) is 5.32 Å². The summed E-state index contributed by atoms with van der Waals surface area (Å²) in [5, 5.41) is 3.74. The molecule has 1 saturated carbocycles. The standard InChI is InChI=1S/C21H21N3O2/c1-12-10-11-22-19(17(12)14-8-9-14)23-20(25)18-13(2)21(26)24(3)16-7-5-4-6-15(16)18/h4-7,10-11,14H,8-9H2,1-3H3,(H,22,23,25). The molecule has 2 heterocycles. The molecule has 26 heavy (non-hydrogen) atoms. The van der Waals surface area contributed by atoms with Crippen LogP contribution in [-0.2, 0) is 7.05 Å². The third kappa shape index (κ3) is 2.60. The predicted molar refractivity (Wildman–Crippen MR) is 103 cm³/mol. The summed E-state index contributed by atoms with van der Waals surface area (Å²) in [6, 6.07) is 9.45. The summed E-state index contributed by atoms with van der Waals surface area (Å²) >= 11 is 0. The molecule has 0 atom stereocenters. The van der Waals surface area contributed by atoms with Gasteiger partial charge in [0, 0.05) is 29.8 Å². The van der Waals surface area contributed by atoms with E-state index in [-0.39, 0.29) is 11.5 Å². The first-order chi connectivity index (χ1) is 12.5. The molecule has 0 unspecified atom stereocenters. The smallest absolute Gasteiger partial charge is 0.257 e. The molecule has 1 N–H and O–H groups in total. The highest BCUT2D eigenvalue weighted by molar-refractivity contribution is 6.13. The van der Waals surface area contributed by atoms with Gasteiger partial charge in [-0.15, -0.1) is 0 Å². The Labute approximate surface area is 151 Å². The van der Waals surface area contributed by atoms with Crippen LogP contribution in [0.1, 0.15) is 45.8 Å². The zero-order valence-corrected chi connectivity index (χ0v) is 15.2. The maximum absolute atomic E-state index is 13.1. The third-order valence-electron chi connectivity index (χ3n) is 5.19. The van der Waals surface area contributed by atoms with E-state index in [1.165, 1.54) is 0 Å². The molecule has 1 aliphatic rings. The van der Waals surface area contributed by atoms with Gasteiger partial charge in [0.1, 0.15) is 5.82 Å². The van der Waals surface area contributed by atoms with E-state index in [9.17, 15) is 9.59 Å². The molecule has 1 aromatic carbocycles. The molecule has 4 rings (SSSR count). The fourth-order valence-corrected chi connectivity index (χ4v) is 3.67. The Morgan fingerprint density at radius 3 is 2.65 bits per heavy atom. The Hall–Kier alpha value is -2.95. The number of rotatable bonds is 3. The van der Waals surface area contributed by atoms with E-state index in [1.807, 2.05) is 37.3 Å². The summed E-state index contributed by atoms with van der Waals surface area (Å²) in [6.07, 6.45) is 3.97. The Morgan fingerprint density at radius 1 is 1.19 bits per heavy atom. The van der Waals surface area contributed by atoms with Crippen molar-refractivity contribution in [1.29, 1.82) is 0 Å². The number of nitrogens with one attached hydrogen (secondary N) is 1. The van der Waals surface area contributed by atoms with Crippen molar-refractivity contribution >= 4 is 22.6 Å². The molecule has 3 aromatic rings. The van der Waals surface area contributed by atoms with Crippen LogP contribution in [0.15, 0.2) is 41.3 Å². The fourth-order valence-electron chi connectivity index (χ4n) is 3.67. The van der Waals surface area contributed by atoms with Gasteiger partial charge in [-0.25, -0.2) is 4.98 Å². The SMILES string of the molecule is Cc1ccnc(NC(=O)c2c(C)c(=O)n(C)c3ccccc23)c1C1CC1. The van der Waals surface area contributed by atoms with Gasteiger partial charge in [0.05, 0.1) is 11.1 Å². The van der Waals surface area contributed by atoms with Gasteiger partial charge in [0.2, 0.25) is 0 Å². The van der Waals surface area contributed by atoms with Crippen LogP contribution < -0.4 is 10.9 Å². The molecule has 1 fully saturated rings. The number of para-hydroxylation sites is 1. The lowest BCUT2D eigenvalue weighted by atomic mass is 10.0. The Morgan fingerprint density at radius 2 is 1.92 bits per heavy atom. The van der Waals surface area contributed by atoms with E-state index in [1.54, 1.807) is 24.7 Å². The first-order valence-corrected chi connectivity index (χ1v) is 8.84. The zero-order chi connectivity index (χ0) is 18.4. The Balaban J connectivity index is 1.84. The molecule has 0 aliphatic heterocycles. The lowest BCUT2D eigenvalue weighted by Gasteiger charge is -2.15. The number of pyridine rings is 2. The Bertz CT molecular complexity index is 1090. The molecule has 132 valence electrons. The molecule has 1 aliphatic carbocycles. The highest BCUT2D eigenvalue weighted by Crippen LogP contribution is 2.44. The number of aryl methyl sites for hydroxylation is 2. The molecular formula is C21H21N3O2. The summed E-state index contributed by atoms with van der Waals surface area (Å²) in [6.45, 7) is 3.75. The number of carbonyl (C=O) groups is 1. The molecule has 1 amide bonds. The number of benzene rings is 1. The van der Waals surface area contributed by atoms with Crippen molar-refractivity contribution in [2.45, 2.75) is 32.6 Å². The quantitative estimate of drug-likeness (QED) is 0.786. The van der Waals surface area contributed by atoms with Gasteiger partial charge >= 0.3 is 0 Å². The van der Waals surface area contributed by atoms with Crippen molar-refractivity contribution < 1.29 is 4.79 Å². The van der Waals surface area contributed by atoms with E-state index in [0.29, 0.717) is 22.9 Å². The molecule has 0 spiro atoms. The number of hydrogen-bond donors (Lipinski definition) is 1. The van der Waals surface area contributed by atoms with Gasteiger partial charge in [-0.3, -0.25) is 9.59 Å². The minimum absolute atomic E-state index is 0.159. The summed E-state index contributed by atoms with van der Waals surface area (Å²) in [7, 11) is 1.73. The molecule has 5 heteroatoms. The van der Waals surface area contributed by atoms with Gasteiger partial charge in [-0.2, -0.15) is 0 Å². The van der Waals surface area contributed by atoms with Gasteiger partial charge in [0.25, 0.3) is 11.5 Å². The van der Waals surface area contributed by atoms with Gasteiger partial charge in [0.15, 0.2) is 0 Å². The first kappa shape index (κ1) is 16.5. The average Bonchev–Trinajstić information content (AvgIpc) is 3.45. The summed E-state index contributed by atoms with van der Waals surface area (Å²) < 4.78 is 1.59. The topological polar surface area (TPSA) is 64.0 Å². The van der Waals surface area contributed by atoms with Crippen molar-refractivity contribution in [3.63, 3.8) is 0 Å². The lowest BCUT2D eigenvalue weighted by Crippen LogP contribution is -2.26. The molecule has 2 aromatic heterocycles. The van der Waals surface area contributed by atoms with Gasteiger partial charge < -0.3 is 9.88 Å². The highest BCUT2D eigenvalue weighted by atomic mass is 16.2. The van der Waals surface area contributed by atoms with Gasteiger partial charge in [-0.05, 0) is 50.3 Å². The van der Waals surface area contributed by atoms with E-state index < -0.39 is 0 Å². The van der Waals surface area contributed by atoms with Crippen molar-refractivity contribution in [3.05, 3.63) is 69.1 Å². The van der Waals surface area contributed by atoms with Crippen LogP contribution in [0.4, 0.5) is 5.82 Å². The van der Waals surface area contributed by atoms with Crippen LogP contribution in [0.2, 0.25) is 0 Å². The van der Waals surface area contributed by atoms with Crippen LogP contribution in [0, 0.1) is 13.8 Å². The molecule has 0 radical (unpaired) electrons. The maximum atomic E-state index is 13.1. The zero-order valence-electron chi connectivity index (χ0n) is 15.2. The first-order valence-electron chi connectivity index (χ1n) is 8.84. The fraction of sp³-hybridized carbons (Fsp3) is 0.286. The number of carbonyl (C=O) groups excluding carboxylic acids is 1. The maximum Gasteiger partial charge on any atom is 0.257 e. The van der Waals surface area contributed by atoms with Crippen LogP contribution in [0.3, 0.4) is 0 Å². The number of anilines is 1. The second-order valence-electron chi connectivity index (χ2n) is 7.00. The molecule has 0 bridgehead atoms. The number of amides is 1. The van der Waals surface area contributed by atoms with Crippen LogP contribution in [0.5, 0.6) is 0 Å². The second-order valence-corrected chi connectivity index (χ2v) is 7.00. The van der Waals surface area contributed by atoms with Crippen LogP contribution in [-0.4, -0.2) is 15.5 Å². The minimum atomic E-state index is -0.281. The predicted octanol–water partition coefficient (Wildman–Crippen LogP) is 3.68. The van der Waals surface area contributed by atoms with E-state index >= 15 is 0 Å². The second kappa shape index (κ2) is 6.09. The number of aromatic nitrogens is 2. The van der Waals surface area contributed by atoms with Crippen molar-refractivity contribution in [2.24, 2.45) is 7.05 Å². The number of fused-ring (bicyclic) bond motifs is 1. The van der Waals surface area contributed by atoms with Crippen molar-refractivity contribution in [3.8, 4) is 0 Å². The Kier molecular flexibility index (Phi) is 3.87. The minimum Gasteiger partial charge on any atom is -0.311 e. The highest BCUT2D eigenvalue weighted by Gasteiger charge is 2.29. The molecular weight excluding hydrogens is 326 g/mol. The largest absolute Gasteiger partial charge is 0.311 e. The molecule has 5 nitrogen and oxygen atoms in total. The summed E-state index contributed by atoms with van der Waals surface area (Å²) in [5.74, 6) is 0.804. The van der Waals surface area contributed by atoms with Crippen LogP contribution in [0.25, 0.3) is 10.9 Å².